The van der Waals surface area contributed by atoms with Crippen molar-refractivity contribution in [1.29, 1.82) is 0 Å². The van der Waals surface area contributed by atoms with Gasteiger partial charge < -0.3 is 15.0 Å². The molecule has 6 nitrogen and oxygen atoms in total. The van der Waals surface area contributed by atoms with Crippen LogP contribution in [0.15, 0.2) is 29.1 Å². The number of aryl methyl sites for hydroxylation is 1. The molecule has 0 saturated heterocycles. The molecule has 0 fully saturated rings. The first kappa shape index (κ1) is 18.7. The van der Waals surface area contributed by atoms with Crippen LogP contribution in [0, 0.1) is 5.92 Å². The molecular formula is C21H23N3O3S. The molecule has 2 atom stereocenters. The van der Waals surface area contributed by atoms with Gasteiger partial charge in [-0.05, 0) is 61.9 Å². The summed E-state index contributed by atoms with van der Waals surface area (Å²) in [5, 5.41) is 4.09. The van der Waals surface area contributed by atoms with E-state index >= 15 is 0 Å². The molecule has 3 aromatic rings. The molecule has 7 heteroatoms. The van der Waals surface area contributed by atoms with Gasteiger partial charge in [-0.2, -0.15) is 0 Å². The number of anilines is 1. The number of benzene rings is 1. The van der Waals surface area contributed by atoms with E-state index in [0.29, 0.717) is 17.3 Å². The molecule has 0 radical (unpaired) electrons. The minimum atomic E-state index is -0.368. The smallest absolute Gasteiger partial charge is 0.337 e. The number of hydrogen-bond acceptors (Lipinski definition) is 6. The average Bonchev–Trinajstić information content (AvgIpc) is 3.05. The highest BCUT2D eigenvalue weighted by molar-refractivity contribution is 7.18. The van der Waals surface area contributed by atoms with Crippen molar-refractivity contribution >= 4 is 33.2 Å². The molecule has 2 heterocycles. The number of carbonyl (C=O) groups excluding carboxylic acids is 1. The van der Waals surface area contributed by atoms with Crippen molar-refractivity contribution < 1.29 is 9.53 Å². The van der Waals surface area contributed by atoms with Gasteiger partial charge in [-0.25, -0.2) is 9.78 Å². The van der Waals surface area contributed by atoms with Gasteiger partial charge in [0.25, 0.3) is 5.56 Å². The van der Waals surface area contributed by atoms with E-state index in [0.717, 1.165) is 35.2 Å². The van der Waals surface area contributed by atoms with Crippen molar-refractivity contribution in [3.05, 3.63) is 56.4 Å². The van der Waals surface area contributed by atoms with Gasteiger partial charge in [-0.15, -0.1) is 11.3 Å². The number of fused-ring (bicyclic) bond motifs is 3. The predicted molar refractivity (Wildman–Crippen MR) is 111 cm³/mol. The lowest BCUT2D eigenvalue weighted by Crippen LogP contribution is -2.18. The van der Waals surface area contributed by atoms with Crippen molar-refractivity contribution in [3.8, 4) is 0 Å². The Morgan fingerprint density at radius 1 is 1.36 bits per heavy atom. The number of rotatable bonds is 4. The lowest BCUT2D eigenvalue weighted by molar-refractivity contribution is 0.0601. The van der Waals surface area contributed by atoms with Crippen molar-refractivity contribution in [2.75, 3.05) is 12.4 Å². The molecule has 0 unspecified atom stereocenters. The first-order valence-corrected chi connectivity index (χ1v) is 10.3. The van der Waals surface area contributed by atoms with Crippen LogP contribution >= 0.6 is 11.3 Å². The molecule has 0 aliphatic heterocycles. The molecule has 146 valence electrons. The van der Waals surface area contributed by atoms with Crippen LogP contribution < -0.4 is 10.9 Å². The van der Waals surface area contributed by atoms with E-state index in [1.54, 1.807) is 23.5 Å². The molecule has 1 aromatic carbocycles. The summed E-state index contributed by atoms with van der Waals surface area (Å²) in [5.41, 5.74) is 2.47. The highest BCUT2D eigenvalue weighted by Crippen LogP contribution is 2.36. The Hall–Kier alpha value is -2.67. The Kier molecular flexibility index (Phi) is 4.93. The van der Waals surface area contributed by atoms with Crippen LogP contribution in [0.1, 0.15) is 52.9 Å². The summed E-state index contributed by atoms with van der Waals surface area (Å²) >= 11 is 1.65. The number of aromatic amines is 1. The second kappa shape index (κ2) is 7.39. The summed E-state index contributed by atoms with van der Waals surface area (Å²) in [4.78, 5) is 34.1. The normalized spacial score (nSPS) is 17.2. The highest BCUT2D eigenvalue weighted by atomic mass is 32.1. The molecule has 28 heavy (non-hydrogen) atoms. The standard InChI is InChI=1S/C21H23N3O3S/c1-11-4-9-15-16(10-11)28-20-17(15)19(25)23-18(24-20)12(2)22-14-7-5-13(6-8-14)21(26)27-3/h5-8,11-12,22H,4,9-10H2,1-3H3,(H,23,24,25)/t11-,12+/m0/s1. The third-order valence-corrected chi connectivity index (χ3v) is 6.43. The average molecular weight is 398 g/mol. The van der Waals surface area contributed by atoms with Crippen molar-refractivity contribution in [2.45, 2.75) is 39.2 Å². The van der Waals surface area contributed by atoms with Crippen LogP contribution in [-0.4, -0.2) is 23.0 Å². The number of methoxy groups -OCH3 is 1. The number of H-pyrrole nitrogens is 1. The zero-order valence-corrected chi connectivity index (χ0v) is 17.0. The number of ether oxygens (including phenoxy) is 1. The number of esters is 1. The monoisotopic (exact) mass is 397 g/mol. The third-order valence-electron chi connectivity index (χ3n) is 5.28. The van der Waals surface area contributed by atoms with Crippen molar-refractivity contribution in [2.24, 2.45) is 5.92 Å². The van der Waals surface area contributed by atoms with Gasteiger partial charge in [0.2, 0.25) is 0 Å². The number of thiophene rings is 1. The van der Waals surface area contributed by atoms with E-state index in [9.17, 15) is 9.59 Å². The van der Waals surface area contributed by atoms with E-state index in [-0.39, 0.29) is 17.6 Å². The molecule has 1 aliphatic carbocycles. The second-order valence-corrected chi connectivity index (χ2v) is 8.50. The minimum absolute atomic E-state index is 0.0539. The molecular weight excluding hydrogens is 374 g/mol. The van der Waals surface area contributed by atoms with E-state index in [2.05, 4.69) is 17.2 Å². The molecule has 2 aromatic heterocycles. The summed E-state index contributed by atoms with van der Waals surface area (Å²) in [7, 11) is 1.36. The van der Waals surface area contributed by atoms with Gasteiger partial charge in [-0.3, -0.25) is 4.79 Å². The Labute approximate surface area is 167 Å². The molecule has 2 N–H and O–H groups in total. The molecule has 0 bridgehead atoms. The maximum absolute atomic E-state index is 12.8. The zero-order chi connectivity index (χ0) is 19.8. The number of carbonyl (C=O) groups is 1. The fourth-order valence-corrected chi connectivity index (χ4v) is 5.10. The molecule has 4 rings (SSSR count). The molecule has 0 amide bonds. The summed E-state index contributed by atoms with van der Waals surface area (Å²) in [6, 6.07) is 6.85. The number of nitrogens with zero attached hydrogens (tertiary/aromatic N) is 1. The van der Waals surface area contributed by atoms with Gasteiger partial charge in [0.1, 0.15) is 10.7 Å². The fourth-order valence-electron chi connectivity index (χ4n) is 3.71. The lowest BCUT2D eigenvalue weighted by Gasteiger charge is -2.17. The highest BCUT2D eigenvalue weighted by Gasteiger charge is 2.23. The van der Waals surface area contributed by atoms with Gasteiger partial charge in [0.05, 0.1) is 24.1 Å². The summed E-state index contributed by atoms with van der Waals surface area (Å²) in [5.74, 6) is 0.904. The first-order valence-electron chi connectivity index (χ1n) is 9.45. The maximum atomic E-state index is 12.8. The number of aromatic nitrogens is 2. The Morgan fingerprint density at radius 3 is 2.82 bits per heavy atom. The molecule has 0 saturated carbocycles. The summed E-state index contributed by atoms with van der Waals surface area (Å²) in [6.07, 6.45) is 3.12. The topological polar surface area (TPSA) is 84.1 Å². The van der Waals surface area contributed by atoms with Gasteiger partial charge in [0, 0.05) is 10.6 Å². The van der Waals surface area contributed by atoms with Gasteiger partial charge in [-0.1, -0.05) is 6.92 Å². The third kappa shape index (κ3) is 3.42. The van der Waals surface area contributed by atoms with Crippen LogP contribution in [0.5, 0.6) is 0 Å². The van der Waals surface area contributed by atoms with E-state index in [1.807, 2.05) is 19.1 Å². The largest absolute Gasteiger partial charge is 0.465 e. The number of hydrogen-bond donors (Lipinski definition) is 2. The van der Waals surface area contributed by atoms with Crippen LogP contribution in [-0.2, 0) is 17.6 Å². The minimum Gasteiger partial charge on any atom is -0.465 e. The quantitative estimate of drug-likeness (QED) is 0.649. The zero-order valence-electron chi connectivity index (χ0n) is 16.2. The van der Waals surface area contributed by atoms with Crippen LogP contribution in [0.3, 0.4) is 0 Å². The molecule has 1 aliphatic rings. The first-order chi connectivity index (χ1) is 13.5. The fraction of sp³-hybridized carbons (Fsp3) is 0.381. The van der Waals surface area contributed by atoms with Crippen LogP contribution in [0.2, 0.25) is 0 Å². The second-order valence-electron chi connectivity index (χ2n) is 7.42. The Bertz CT molecular complexity index is 1080. The Balaban J connectivity index is 1.60. The van der Waals surface area contributed by atoms with Crippen molar-refractivity contribution in [3.63, 3.8) is 0 Å². The van der Waals surface area contributed by atoms with E-state index in [4.69, 9.17) is 9.72 Å². The van der Waals surface area contributed by atoms with E-state index < -0.39 is 0 Å². The summed E-state index contributed by atoms with van der Waals surface area (Å²) in [6.45, 7) is 4.21. The number of nitrogens with one attached hydrogen (secondary N) is 2. The van der Waals surface area contributed by atoms with Gasteiger partial charge >= 0.3 is 5.97 Å². The summed E-state index contributed by atoms with van der Waals surface area (Å²) < 4.78 is 4.71. The predicted octanol–water partition coefficient (Wildman–Crippen LogP) is 4.07. The SMILES string of the molecule is COC(=O)c1ccc(N[C@H](C)c2nc3sc4c(c3c(=O)[nH]2)CC[C@H](C)C4)cc1. The molecule has 0 spiro atoms. The van der Waals surface area contributed by atoms with Crippen molar-refractivity contribution in [1.82, 2.24) is 9.97 Å². The van der Waals surface area contributed by atoms with Crippen LogP contribution in [0.25, 0.3) is 10.2 Å². The van der Waals surface area contributed by atoms with Crippen LogP contribution in [0.4, 0.5) is 5.69 Å². The van der Waals surface area contributed by atoms with E-state index in [1.165, 1.54) is 17.6 Å². The maximum Gasteiger partial charge on any atom is 0.337 e. The Morgan fingerprint density at radius 2 is 2.11 bits per heavy atom. The lowest BCUT2D eigenvalue weighted by atomic mass is 9.89. The van der Waals surface area contributed by atoms with Gasteiger partial charge in [0.15, 0.2) is 0 Å².